The van der Waals surface area contributed by atoms with Crippen LogP contribution in [0.3, 0.4) is 0 Å². The van der Waals surface area contributed by atoms with Gasteiger partial charge in [0, 0.05) is 19.6 Å². The summed E-state index contributed by atoms with van der Waals surface area (Å²) in [6, 6.07) is 0.555. The van der Waals surface area contributed by atoms with Gasteiger partial charge in [0.1, 0.15) is 5.52 Å². The van der Waals surface area contributed by atoms with Crippen LogP contribution >= 0.6 is 0 Å². The highest BCUT2D eigenvalue weighted by molar-refractivity contribution is 5.77. The van der Waals surface area contributed by atoms with Crippen LogP contribution < -0.4 is 5.73 Å². The van der Waals surface area contributed by atoms with Crippen LogP contribution in [-0.2, 0) is 20.0 Å². The molecule has 104 valence electrons. The Bertz CT molecular complexity index is 596. The van der Waals surface area contributed by atoms with Crippen LogP contribution in [0.4, 0.5) is 5.95 Å². The van der Waals surface area contributed by atoms with Gasteiger partial charge in [-0.3, -0.25) is 9.25 Å². The highest BCUT2D eigenvalue weighted by Gasteiger charge is 2.24. The van der Waals surface area contributed by atoms with Gasteiger partial charge in [-0.2, -0.15) is 5.10 Å². The molecule has 1 atom stereocenters. The highest BCUT2D eigenvalue weighted by Crippen LogP contribution is 2.24. The lowest BCUT2D eigenvalue weighted by molar-refractivity contribution is 0.284. The van der Waals surface area contributed by atoms with Gasteiger partial charge in [-0.05, 0) is 32.9 Å². The molecule has 2 aromatic rings. The Labute approximate surface area is 113 Å². The number of likely N-dealkylation sites (N-methyl/N-ethyl adjacent to an activating group) is 1. The third kappa shape index (κ3) is 1.90. The lowest BCUT2D eigenvalue weighted by Crippen LogP contribution is -2.30. The van der Waals surface area contributed by atoms with Crippen LogP contribution in [-0.4, -0.2) is 43.9 Å². The summed E-state index contributed by atoms with van der Waals surface area (Å²) >= 11 is 0. The van der Waals surface area contributed by atoms with Crippen molar-refractivity contribution < 1.29 is 0 Å². The summed E-state index contributed by atoms with van der Waals surface area (Å²) in [4.78, 5) is 6.92. The minimum atomic E-state index is 0.555. The molecule has 0 saturated carbocycles. The van der Waals surface area contributed by atoms with Crippen molar-refractivity contribution in [2.45, 2.75) is 38.8 Å². The van der Waals surface area contributed by atoms with Crippen molar-refractivity contribution in [3.05, 3.63) is 5.69 Å². The van der Waals surface area contributed by atoms with Crippen LogP contribution in [0.1, 0.15) is 25.5 Å². The van der Waals surface area contributed by atoms with E-state index in [1.54, 1.807) is 0 Å². The van der Waals surface area contributed by atoms with Crippen LogP contribution in [0.15, 0.2) is 0 Å². The lowest BCUT2D eigenvalue weighted by Gasteiger charge is -2.20. The van der Waals surface area contributed by atoms with E-state index in [4.69, 9.17) is 5.73 Å². The van der Waals surface area contributed by atoms with Gasteiger partial charge < -0.3 is 10.6 Å². The number of likely N-dealkylation sites (tertiary alicyclic amines) is 1. The van der Waals surface area contributed by atoms with Gasteiger partial charge in [0.05, 0.1) is 5.69 Å². The molecule has 1 aliphatic heterocycles. The van der Waals surface area contributed by atoms with Crippen LogP contribution in [0.25, 0.3) is 11.2 Å². The highest BCUT2D eigenvalue weighted by atomic mass is 15.4. The number of nitrogens with zero attached hydrogens (tertiary/aromatic N) is 5. The minimum absolute atomic E-state index is 0.555. The Kier molecular flexibility index (Phi) is 2.97. The van der Waals surface area contributed by atoms with Crippen molar-refractivity contribution >= 4 is 17.1 Å². The number of anilines is 1. The molecule has 0 aliphatic carbocycles. The summed E-state index contributed by atoms with van der Waals surface area (Å²) < 4.78 is 4.03. The fourth-order valence-electron chi connectivity index (χ4n) is 3.10. The zero-order valence-electron chi connectivity index (χ0n) is 11.9. The van der Waals surface area contributed by atoms with Crippen molar-refractivity contribution in [2.24, 2.45) is 7.05 Å². The predicted octanol–water partition coefficient (Wildman–Crippen LogP) is 1.01. The van der Waals surface area contributed by atoms with Crippen LogP contribution in [0.5, 0.6) is 0 Å². The topological polar surface area (TPSA) is 64.9 Å². The molecule has 3 heterocycles. The first-order valence-electron chi connectivity index (χ1n) is 6.99. The molecular weight excluding hydrogens is 240 g/mol. The van der Waals surface area contributed by atoms with Gasteiger partial charge in [-0.15, -0.1) is 0 Å². The first kappa shape index (κ1) is 12.5. The molecule has 6 heteroatoms. The third-order valence-electron chi connectivity index (χ3n) is 4.22. The van der Waals surface area contributed by atoms with E-state index in [0.717, 1.165) is 29.8 Å². The number of hydrogen-bond donors (Lipinski definition) is 1. The SMILES string of the molecule is CCc1nn(C)c2c1nc(N)n2CC1CCCN1C. The third-order valence-corrected chi connectivity index (χ3v) is 4.22. The monoisotopic (exact) mass is 262 g/mol. The zero-order chi connectivity index (χ0) is 13.6. The number of nitrogens with two attached hydrogens (primary N) is 1. The Morgan fingerprint density at radius 2 is 2.16 bits per heavy atom. The molecule has 1 fully saturated rings. The van der Waals surface area contributed by atoms with Gasteiger partial charge in [0.2, 0.25) is 5.95 Å². The zero-order valence-corrected chi connectivity index (χ0v) is 11.9. The molecule has 0 spiro atoms. The fraction of sp³-hybridized carbons (Fsp3) is 0.692. The number of nitrogen functional groups attached to an aromatic ring is 1. The summed E-state index contributed by atoms with van der Waals surface area (Å²) in [6.45, 7) is 4.18. The second-order valence-electron chi connectivity index (χ2n) is 5.45. The molecular formula is C13H22N6. The molecule has 0 radical (unpaired) electrons. The summed E-state index contributed by atoms with van der Waals surface area (Å²) in [5.74, 6) is 0.609. The first-order chi connectivity index (χ1) is 9.11. The largest absolute Gasteiger partial charge is 0.369 e. The average molecular weight is 262 g/mol. The molecule has 0 amide bonds. The number of rotatable bonds is 3. The molecule has 1 unspecified atom stereocenters. The molecule has 2 N–H and O–H groups in total. The van der Waals surface area contributed by atoms with E-state index in [9.17, 15) is 0 Å². The number of imidazole rings is 1. The van der Waals surface area contributed by atoms with Gasteiger partial charge in [0.15, 0.2) is 5.65 Å². The molecule has 19 heavy (non-hydrogen) atoms. The Hall–Kier alpha value is -1.56. The van der Waals surface area contributed by atoms with E-state index in [1.165, 1.54) is 19.4 Å². The standard InChI is InChI=1S/C13H22N6/c1-4-10-11-12(18(3)16-10)19(13(14)15-11)8-9-6-5-7-17(9)2/h9H,4-8H2,1-3H3,(H2,14,15). The maximum Gasteiger partial charge on any atom is 0.202 e. The first-order valence-corrected chi connectivity index (χ1v) is 6.99. The number of aromatic nitrogens is 4. The summed E-state index contributed by atoms with van der Waals surface area (Å²) in [5.41, 5.74) is 9.15. The van der Waals surface area contributed by atoms with Crippen molar-refractivity contribution in [3.8, 4) is 0 Å². The maximum atomic E-state index is 6.11. The van der Waals surface area contributed by atoms with Gasteiger partial charge >= 0.3 is 0 Å². The van der Waals surface area contributed by atoms with E-state index < -0.39 is 0 Å². The Balaban J connectivity index is 2.02. The number of aryl methyl sites for hydroxylation is 2. The van der Waals surface area contributed by atoms with E-state index in [1.807, 2.05) is 11.7 Å². The van der Waals surface area contributed by atoms with E-state index in [-0.39, 0.29) is 0 Å². The summed E-state index contributed by atoms with van der Waals surface area (Å²) in [6.07, 6.45) is 3.38. The number of fused-ring (bicyclic) bond motifs is 1. The molecule has 0 bridgehead atoms. The van der Waals surface area contributed by atoms with Crippen molar-refractivity contribution in [2.75, 3.05) is 19.3 Å². The van der Waals surface area contributed by atoms with Gasteiger partial charge in [-0.25, -0.2) is 4.98 Å². The van der Waals surface area contributed by atoms with Crippen molar-refractivity contribution in [3.63, 3.8) is 0 Å². The quantitative estimate of drug-likeness (QED) is 0.896. The molecule has 3 rings (SSSR count). The molecule has 1 saturated heterocycles. The van der Waals surface area contributed by atoms with Gasteiger partial charge in [0.25, 0.3) is 0 Å². The predicted molar refractivity (Wildman–Crippen MR) is 75.9 cm³/mol. The van der Waals surface area contributed by atoms with Crippen molar-refractivity contribution in [1.82, 2.24) is 24.2 Å². The second-order valence-corrected chi connectivity index (χ2v) is 5.45. The smallest absolute Gasteiger partial charge is 0.202 e. The van der Waals surface area contributed by atoms with Crippen LogP contribution in [0, 0.1) is 0 Å². The van der Waals surface area contributed by atoms with E-state index in [2.05, 4.69) is 33.5 Å². The van der Waals surface area contributed by atoms with Gasteiger partial charge in [-0.1, -0.05) is 6.92 Å². The maximum absolute atomic E-state index is 6.11. The Morgan fingerprint density at radius 3 is 2.79 bits per heavy atom. The van der Waals surface area contributed by atoms with Crippen molar-refractivity contribution in [1.29, 1.82) is 0 Å². The molecule has 1 aliphatic rings. The number of hydrogen-bond acceptors (Lipinski definition) is 4. The molecule has 2 aromatic heterocycles. The normalized spacial score (nSPS) is 20.7. The molecule has 6 nitrogen and oxygen atoms in total. The Morgan fingerprint density at radius 1 is 1.37 bits per heavy atom. The minimum Gasteiger partial charge on any atom is -0.369 e. The van der Waals surface area contributed by atoms with Crippen LogP contribution in [0.2, 0.25) is 0 Å². The summed E-state index contributed by atoms with van der Waals surface area (Å²) in [5, 5.41) is 4.53. The van der Waals surface area contributed by atoms with E-state index >= 15 is 0 Å². The lowest BCUT2D eigenvalue weighted by atomic mass is 10.2. The molecule has 0 aromatic carbocycles. The summed E-state index contributed by atoms with van der Waals surface area (Å²) in [7, 11) is 4.15. The fourth-order valence-corrected chi connectivity index (χ4v) is 3.10. The average Bonchev–Trinajstić information content (AvgIpc) is 3.00. The second kappa shape index (κ2) is 4.52. The van der Waals surface area contributed by atoms with E-state index in [0.29, 0.717) is 12.0 Å².